The van der Waals surface area contributed by atoms with Crippen molar-refractivity contribution in [2.75, 3.05) is 19.8 Å². The summed E-state index contributed by atoms with van der Waals surface area (Å²) in [6, 6.07) is 5.65. The first-order chi connectivity index (χ1) is 8.16. The number of thiocarbonyl (C=S) groups is 1. The SMILES string of the molecule is NC(=S)c1ccc(OCC2CCOC2)cc1Br. The first-order valence-electron chi connectivity index (χ1n) is 5.46. The van der Waals surface area contributed by atoms with Crippen molar-refractivity contribution in [3.05, 3.63) is 28.2 Å². The van der Waals surface area contributed by atoms with Crippen LogP contribution in [0.4, 0.5) is 0 Å². The lowest BCUT2D eigenvalue weighted by atomic mass is 10.1. The lowest BCUT2D eigenvalue weighted by Crippen LogP contribution is -2.12. The Morgan fingerprint density at radius 2 is 2.41 bits per heavy atom. The van der Waals surface area contributed by atoms with Gasteiger partial charge in [0.05, 0.1) is 13.2 Å². The summed E-state index contributed by atoms with van der Waals surface area (Å²) in [5, 5.41) is 0. The summed E-state index contributed by atoms with van der Waals surface area (Å²) in [5.41, 5.74) is 6.41. The summed E-state index contributed by atoms with van der Waals surface area (Å²) in [5.74, 6) is 1.33. The molecule has 1 fully saturated rings. The lowest BCUT2D eigenvalue weighted by molar-refractivity contribution is 0.167. The van der Waals surface area contributed by atoms with Crippen molar-refractivity contribution < 1.29 is 9.47 Å². The molecular weight excluding hydrogens is 302 g/mol. The van der Waals surface area contributed by atoms with Gasteiger partial charge in [-0.1, -0.05) is 12.2 Å². The summed E-state index contributed by atoms with van der Waals surface area (Å²) >= 11 is 8.36. The summed E-state index contributed by atoms with van der Waals surface area (Å²) in [7, 11) is 0. The molecule has 1 aromatic carbocycles. The number of rotatable bonds is 4. The van der Waals surface area contributed by atoms with Crippen LogP contribution in [0.3, 0.4) is 0 Å². The molecule has 1 aliphatic rings. The van der Waals surface area contributed by atoms with E-state index in [2.05, 4.69) is 15.9 Å². The Kier molecular flexibility index (Phi) is 4.36. The Balaban J connectivity index is 1.97. The van der Waals surface area contributed by atoms with Gasteiger partial charge in [0.1, 0.15) is 10.7 Å². The largest absolute Gasteiger partial charge is 0.493 e. The minimum absolute atomic E-state index is 0.382. The zero-order chi connectivity index (χ0) is 12.3. The van der Waals surface area contributed by atoms with Gasteiger partial charge in [-0.15, -0.1) is 0 Å². The monoisotopic (exact) mass is 315 g/mol. The van der Waals surface area contributed by atoms with Crippen LogP contribution in [-0.4, -0.2) is 24.8 Å². The number of hydrogen-bond donors (Lipinski definition) is 1. The first kappa shape index (κ1) is 12.8. The van der Waals surface area contributed by atoms with E-state index >= 15 is 0 Å². The molecule has 3 nitrogen and oxygen atoms in total. The van der Waals surface area contributed by atoms with Gasteiger partial charge in [-0.05, 0) is 40.5 Å². The van der Waals surface area contributed by atoms with Gasteiger partial charge in [0.2, 0.25) is 0 Å². The molecule has 5 heteroatoms. The zero-order valence-corrected chi connectivity index (χ0v) is 11.7. The van der Waals surface area contributed by atoms with E-state index in [1.165, 1.54) is 0 Å². The molecular formula is C12H14BrNO2S. The molecule has 0 radical (unpaired) electrons. The molecule has 0 saturated carbocycles. The molecule has 1 unspecified atom stereocenters. The molecule has 1 heterocycles. The normalized spacial score (nSPS) is 19.2. The fraction of sp³-hybridized carbons (Fsp3) is 0.417. The van der Waals surface area contributed by atoms with Crippen molar-refractivity contribution in [2.24, 2.45) is 11.7 Å². The molecule has 1 aromatic rings. The minimum atomic E-state index is 0.382. The van der Waals surface area contributed by atoms with Crippen molar-refractivity contribution in [1.82, 2.24) is 0 Å². The Morgan fingerprint density at radius 1 is 1.59 bits per heavy atom. The van der Waals surface area contributed by atoms with Crippen LogP contribution in [0.1, 0.15) is 12.0 Å². The van der Waals surface area contributed by atoms with Crippen molar-refractivity contribution in [1.29, 1.82) is 0 Å². The van der Waals surface area contributed by atoms with Crippen LogP contribution in [0, 0.1) is 5.92 Å². The molecule has 1 aliphatic heterocycles. The third-order valence-corrected chi connectivity index (χ3v) is 3.59. The topological polar surface area (TPSA) is 44.5 Å². The molecule has 0 aliphatic carbocycles. The molecule has 1 atom stereocenters. The predicted octanol–water partition coefficient (Wildman–Crippen LogP) is 2.50. The Morgan fingerprint density at radius 3 is 3.00 bits per heavy atom. The van der Waals surface area contributed by atoms with Gasteiger partial charge in [0, 0.05) is 22.6 Å². The highest BCUT2D eigenvalue weighted by atomic mass is 79.9. The minimum Gasteiger partial charge on any atom is -0.493 e. The fourth-order valence-electron chi connectivity index (χ4n) is 1.71. The van der Waals surface area contributed by atoms with Gasteiger partial charge in [-0.25, -0.2) is 0 Å². The summed E-state index contributed by atoms with van der Waals surface area (Å²) in [6.45, 7) is 2.34. The third kappa shape index (κ3) is 3.40. The second-order valence-electron chi connectivity index (χ2n) is 4.05. The van der Waals surface area contributed by atoms with Gasteiger partial charge in [0.15, 0.2) is 0 Å². The number of halogens is 1. The average molecular weight is 316 g/mol. The van der Waals surface area contributed by atoms with E-state index < -0.39 is 0 Å². The van der Waals surface area contributed by atoms with Crippen LogP contribution in [0.2, 0.25) is 0 Å². The lowest BCUT2D eigenvalue weighted by Gasteiger charge is -2.11. The smallest absolute Gasteiger partial charge is 0.120 e. The molecule has 0 amide bonds. The Hall–Kier alpha value is -0.650. The average Bonchev–Trinajstić information content (AvgIpc) is 2.78. The second-order valence-corrected chi connectivity index (χ2v) is 5.34. The van der Waals surface area contributed by atoms with E-state index in [0.29, 0.717) is 17.5 Å². The second kappa shape index (κ2) is 5.80. The molecule has 92 valence electrons. The Labute approximate surface area is 114 Å². The third-order valence-electron chi connectivity index (χ3n) is 2.72. The highest BCUT2D eigenvalue weighted by molar-refractivity contribution is 9.10. The first-order valence-corrected chi connectivity index (χ1v) is 6.67. The van der Waals surface area contributed by atoms with E-state index in [1.54, 1.807) is 0 Å². The van der Waals surface area contributed by atoms with Crippen molar-refractivity contribution in [3.8, 4) is 5.75 Å². The van der Waals surface area contributed by atoms with Crippen LogP contribution >= 0.6 is 28.1 Å². The zero-order valence-electron chi connectivity index (χ0n) is 9.32. The number of benzene rings is 1. The highest BCUT2D eigenvalue weighted by Gasteiger charge is 2.16. The van der Waals surface area contributed by atoms with Gasteiger partial charge in [-0.2, -0.15) is 0 Å². The van der Waals surface area contributed by atoms with Crippen molar-refractivity contribution in [3.63, 3.8) is 0 Å². The molecule has 17 heavy (non-hydrogen) atoms. The standard InChI is InChI=1S/C12H14BrNO2S/c13-11-5-9(1-2-10(11)12(14)17)16-7-8-3-4-15-6-8/h1-2,5,8H,3-4,6-7H2,(H2,14,17). The van der Waals surface area contributed by atoms with E-state index in [9.17, 15) is 0 Å². The number of ether oxygens (including phenoxy) is 2. The van der Waals surface area contributed by atoms with Crippen molar-refractivity contribution >= 4 is 33.1 Å². The van der Waals surface area contributed by atoms with Gasteiger partial charge in [0.25, 0.3) is 0 Å². The van der Waals surface area contributed by atoms with Crippen molar-refractivity contribution in [2.45, 2.75) is 6.42 Å². The van der Waals surface area contributed by atoms with Crippen LogP contribution < -0.4 is 10.5 Å². The van der Waals surface area contributed by atoms with Crippen LogP contribution in [0.15, 0.2) is 22.7 Å². The number of nitrogens with two attached hydrogens (primary N) is 1. The molecule has 0 aromatic heterocycles. The van der Waals surface area contributed by atoms with E-state index in [1.807, 2.05) is 18.2 Å². The van der Waals surface area contributed by atoms with Crippen LogP contribution in [0.5, 0.6) is 5.75 Å². The predicted molar refractivity (Wildman–Crippen MR) is 74.5 cm³/mol. The van der Waals surface area contributed by atoms with Gasteiger partial charge >= 0.3 is 0 Å². The summed E-state index contributed by atoms with van der Waals surface area (Å²) in [6.07, 6.45) is 1.08. The van der Waals surface area contributed by atoms with Crippen LogP contribution in [0.25, 0.3) is 0 Å². The summed E-state index contributed by atoms with van der Waals surface area (Å²) < 4.78 is 11.9. The highest BCUT2D eigenvalue weighted by Crippen LogP contribution is 2.24. The molecule has 2 rings (SSSR count). The molecule has 0 spiro atoms. The molecule has 1 saturated heterocycles. The maximum absolute atomic E-state index is 5.71. The Bertz CT molecular complexity index is 419. The fourth-order valence-corrected chi connectivity index (χ4v) is 2.59. The molecule has 2 N–H and O–H groups in total. The van der Waals surface area contributed by atoms with E-state index in [4.69, 9.17) is 27.4 Å². The number of hydrogen-bond acceptors (Lipinski definition) is 3. The quantitative estimate of drug-likeness (QED) is 0.867. The maximum atomic E-state index is 5.71. The van der Waals surface area contributed by atoms with Gasteiger partial charge < -0.3 is 15.2 Å². The van der Waals surface area contributed by atoms with E-state index in [0.717, 1.165) is 35.4 Å². The van der Waals surface area contributed by atoms with Crippen LogP contribution in [-0.2, 0) is 4.74 Å². The molecule has 0 bridgehead atoms. The van der Waals surface area contributed by atoms with E-state index in [-0.39, 0.29) is 0 Å². The maximum Gasteiger partial charge on any atom is 0.120 e. The summed E-state index contributed by atoms with van der Waals surface area (Å²) in [4.78, 5) is 0.382. The van der Waals surface area contributed by atoms with Gasteiger partial charge in [-0.3, -0.25) is 0 Å².